The minimum atomic E-state index is -0.341. The van der Waals surface area contributed by atoms with Crippen LogP contribution in [-0.4, -0.2) is 25.0 Å². The summed E-state index contributed by atoms with van der Waals surface area (Å²) >= 11 is 0. The maximum atomic E-state index is 12.1. The lowest BCUT2D eigenvalue weighted by atomic mass is 10.1. The molecule has 0 saturated carbocycles. The maximum absolute atomic E-state index is 12.1. The summed E-state index contributed by atoms with van der Waals surface area (Å²) in [4.78, 5) is 16.1. The summed E-state index contributed by atoms with van der Waals surface area (Å²) in [5.41, 5.74) is 1.11. The first kappa shape index (κ1) is 13.6. The van der Waals surface area contributed by atoms with Crippen LogP contribution in [0.3, 0.4) is 0 Å². The van der Waals surface area contributed by atoms with Gasteiger partial charge < -0.3 is 9.47 Å². The number of Topliss-reactive ketones (excluding diaryl/α,β-unsaturated/α-hetero) is 1. The highest BCUT2D eigenvalue weighted by atomic mass is 16.5. The smallest absolute Gasteiger partial charge is 0.257 e. The van der Waals surface area contributed by atoms with Crippen LogP contribution >= 0.6 is 0 Å². The molecule has 1 aromatic carbocycles. The molecule has 100 valence electrons. The van der Waals surface area contributed by atoms with E-state index in [0.717, 1.165) is 5.56 Å². The van der Waals surface area contributed by atoms with Crippen molar-refractivity contribution in [3.05, 3.63) is 53.7 Å². The van der Waals surface area contributed by atoms with E-state index in [0.29, 0.717) is 11.3 Å². The average Bonchev–Trinajstić information content (AvgIpc) is 2.52. The van der Waals surface area contributed by atoms with Crippen LogP contribution in [0.25, 0.3) is 0 Å². The van der Waals surface area contributed by atoms with Gasteiger partial charge in [-0.25, -0.2) is 4.98 Å². The van der Waals surface area contributed by atoms with E-state index in [2.05, 4.69) is 16.8 Å². The van der Waals surface area contributed by atoms with Gasteiger partial charge in [0.25, 0.3) is 5.88 Å². The van der Waals surface area contributed by atoms with Crippen LogP contribution in [0.1, 0.15) is 15.9 Å². The minimum absolute atomic E-state index is 0.264. The number of hydrogen-bond acceptors (Lipinski definition) is 4. The lowest BCUT2D eigenvalue weighted by Gasteiger charge is -2.08. The number of carbonyl (C=O) groups excluding carboxylic acids is 1. The lowest BCUT2D eigenvalue weighted by molar-refractivity contribution is 0.105. The van der Waals surface area contributed by atoms with Crippen LogP contribution < -0.4 is 9.47 Å². The highest BCUT2D eigenvalue weighted by molar-refractivity contribution is 6.11. The Hall–Kier alpha value is -2.80. The topological polar surface area (TPSA) is 48.4 Å². The molecule has 0 aliphatic heterocycles. The number of methoxy groups -OCH3 is 2. The van der Waals surface area contributed by atoms with Gasteiger partial charge in [0.05, 0.1) is 19.8 Å². The van der Waals surface area contributed by atoms with Crippen molar-refractivity contribution >= 4 is 5.78 Å². The van der Waals surface area contributed by atoms with E-state index in [9.17, 15) is 4.79 Å². The number of ether oxygens (including phenoxy) is 2. The zero-order chi connectivity index (χ0) is 14.4. The van der Waals surface area contributed by atoms with Gasteiger partial charge in [-0.15, -0.1) is 0 Å². The van der Waals surface area contributed by atoms with Crippen LogP contribution in [0.5, 0.6) is 11.6 Å². The molecule has 4 nitrogen and oxygen atoms in total. The highest BCUT2D eigenvalue weighted by Gasteiger charge is 2.15. The molecule has 2 rings (SSSR count). The number of benzene rings is 1. The number of rotatable bonds is 3. The fourth-order valence-corrected chi connectivity index (χ4v) is 1.67. The molecule has 0 aliphatic rings. The molecule has 4 heteroatoms. The van der Waals surface area contributed by atoms with Crippen molar-refractivity contribution in [3.8, 4) is 23.5 Å². The fourth-order valence-electron chi connectivity index (χ4n) is 1.67. The van der Waals surface area contributed by atoms with Crippen molar-refractivity contribution in [3.63, 3.8) is 0 Å². The zero-order valence-electron chi connectivity index (χ0n) is 11.2. The van der Waals surface area contributed by atoms with Gasteiger partial charge in [-0.2, -0.15) is 0 Å². The molecule has 0 spiro atoms. The quantitative estimate of drug-likeness (QED) is 0.632. The second-order valence-corrected chi connectivity index (χ2v) is 3.85. The van der Waals surface area contributed by atoms with Gasteiger partial charge in [0, 0.05) is 11.8 Å². The van der Waals surface area contributed by atoms with Crippen molar-refractivity contribution < 1.29 is 14.3 Å². The van der Waals surface area contributed by atoms with E-state index >= 15 is 0 Å². The summed E-state index contributed by atoms with van der Waals surface area (Å²) in [7, 11) is 2.93. The van der Waals surface area contributed by atoms with E-state index in [1.165, 1.54) is 20.4 Å². The highest BCUT2D eigenvalue weighted by Crippen LogP contribution is 2.28. The molecule has 0 atom stereocenters. The SMILES string of the molecule is COc1nccc(C(=O)C#Cc2ccccc2)c1OC. The molecule has 20 heavy (non-hydrogen) atoms. The molecular formula is C16H13NO3. The average molecular weight is 267 g/mol. The fraction of sp³-hybridized carbons (Fsp3) is 0.125. The number of carbonyl (C=O) groups is 1. The van der Waals surface area contributed by atoms with Gasteiger partial charge in [0.1, 0.15) is 0 Å². The standard InChI is InChI=1S/C16H13NO3/c1-19-15-13(10-11-17-16(15)20-2)14(18)9-8-12-6-4-3-5-7-12/h3-7,10-11H,1-2H3. The molecule has 0 aliphatic carbocycles. The molecule has 0 radical (unpaired) electrons. The van der Waals surface area contributed by atoms with Gasteiger partial charge >= 0.3 is 0 Å². The zero-order valence-corrected chi connectivity index (χ0v) is 11.2. The van der Waals surface area contributed by atoms with E-state index in [1.54, 1.807) is 6.07 Å². The summed E-state index contributed by atoms with van der Waals surface area (Å²) in [6, 6.07) is 10.9. The molecule has 2 aromatic rings. The predicted octanol–water partition coefficient (Wildman–Crippen LogP) is 2.33. The number of aromatic nitrogens is 1. The Morgan fingerprint density at radius 3 is 2.50 bits per heavy atom. The molecule has 0 amide bonds. The van der Waals surface area contributed by atoms with Crippen LogP contribution in [0, 0.1) is 11.8 Å². The number of nitrogens with zero attached hydrogens (tertiary/aromatic N) is 1. The Kier molecular flexibility index (Phi) is 4.35. The first-order valence-electron chi connectivity index (χ1n) is 5.94. The van der Waals surface area contributed by atoms with Crippen molar-refractivity contribution in [1.29, 1.82) is 0 Å². The summed E-state index contributed by atoms with van der Waals surface area (Å²) in [5, 5.41) is 0. The van der Waals surface area contributed by atoms with Crippen LogP contribution in [0.4, 0.5) is 0 Å². The second kappa shape index (κ2) is 6.39. The van der Waals surface area contributed by atoms with Crippen molar-refractivity contribution in [1.82, 2.24) is 4.98 Å². The monoisotopic (exact) mass is 267 g/mol. The Morgan fingerprint density at radius 2 is 1.85 bits per heavy atom. The van der Waals surface area contributed by atoms with E-state index in [4.69, 9.17) is 9.47 Å². The largest absolute Gasteiger partial charge is 0.491 e. The molecule has 1 heterocycles. The van der Waals surface area contributed by atoms with Gasteiger partial charge in [0.15, 0.2) is 5.75 Å². The van der Waals surface area contributed by atoms with Crippen molar-refractivity contribution in [2.45, 2.75) is 0 Å². The molecule has 0 saturated heterocycles. The number of ketones is 1. The first-order valence-corrected chi connectivity index (χ1v) is 5.94. The Morgan fingerprint density at radius 1 is 1.10 bits per heavy atom. The predicted molar refractivity (Wildman–Crippen MR) is 75.0 cm³/mol. The lowest BCUT2D eigenvalue weighted by Crippen LogP contribution is -2.03. The summed E-state index contributed by atoms with van der Waals surface area (Å²) in [6.45, 7) is 0. The minimum Gasteiger partial charge on any atom is -0.491 e. The molecule has 0 N–H and O–H groups in total. The molecule has 0 fully saturated rings. The Bertz CT molecular complexity index is 669. The van der Waals surface area contributed by atoms with E-state index in [-0.39, 0.29) is 11.7 Å². The molecular weight excluding hydrogens is 254 g/mol. The van der Waals surface area contributed by atoms with Gasteiger partial charge in [-0.05, 0) is 24.1 Å². The molecule has 1 aromatic heterocycles. The third-order valence-corrected chi connectivity index (χ3v) is 2.61. The third kappa shape index (κ3) is 2.96. The summed E-state index contributed by atoms with van der Waals surface area (Å²) in [5.74, 6) is 5.62. The van der Waals surface area contributed by atoms with Crippen LogP contribution in [0.15, 0.2) is 42.6 Å². The number of hydrogen-bond donors (Lipinski definition) is 0. The first-order chi connectivity index (χ1) is 9.76. The second-order valence-electron chi connectivity index (χ2n) is 3.85. The normalized spacial score (nSPS) is 9.30. The van der Waals surface area contributed by atoms with Crippen LogP contribution in [0.2, 0.25) is 0 Å². The van der Waals surface area contributed by atoms with Gasteiger partial charge in [-0.3, -0.25) is 4.79 Å². The van der Waals surface area contributed by atoms with Crippen molar-refractivity contribution in [2.75, 3.05) is 14.2 Å². The van der Waals surface area contributed by atoms with E-state index < -0.39 is 0 Å². The van der Waals surface area contributed by atoms with Gasteiger partial charge in [-0.1, -0.05) is 24.1 Å². The number of pyridine rings is 1. The maximum Gasteiger partial charge on any atom is 0.257 e. The Balaban J connectivity index is 2.33. The summed E-state index contributed by atoms with van der Waals surface area (Å²) < 4.78 is 10.2. The molecule has 0 bridgehead atoms. The van der Waals surface area contributed by atoms with E-state index in [1.807, 2.05) is 30.3 Å². The third-order valence-electron chi connectivity index (χ3n) is 2.61. The van der Waals surface area contributed by atoms with Crippen molar-refractivity contribution in [2.24, 2.45) is 0 Å². The molecule has 0 unspecified atom stereocenters. The Labute approximate surface area is 117 Å². The van der Waals surface area contributed by atoms with Crippen LogP contribution in [-0.2, 0) is 0 Å². The summed E-state index contributed by atoms with van der Waals surface area (Å²) in [6.07, 6.45) is 1.48. The van der Waals surface area contributed by atoms with Gasteiger partial charge in [0.2, 0.25) is 5.78 Å².